The molecule has 0 bridgehead atoms. The van der Waals surface area contributed by atoms with Crippen LogP contribution in [0.2, 0.25) is 0 Å². The molecule has 0 unspecified atom stereocenters. The summed E-state index contributed by atoms with van der Waals surface area (Å²) >= 11 is 1.23. The maximum atomic E-state index is 12.0. The van der Waals surface area contributed by atoms with Crippen LogP contribution >= 0.6 is 11.3 Å². The van der Waals surface area contributed by atoms with Gasteiger partial charge in [0.1, 0.15) is 16.6 Å². The number of thiophene rings is 1. The molecule has 0 aliphatic heterocycles. The van der Waals surface area contributed by atoms with Gasteiger partial charge >= 0.3 is 0 Å². The van der Waals surface area contributed by atoms with Crippen molar-refractivity contribution >= 4 is 32.3 Å². The van der Waals surface area contributed by atoms with Crippen LogP contribution < -0.4 is 9.46 Å². The largest absolute Gasteiger partial charge is 0.481 e. The van der Waals surface area contributed by atoms with Crippen molar-refractivity contribution in [2.45, 2.75) is 11.1 Å². The van der Waals surface area contributed by atoms with E-state index in [-0.39, 0.29) is 13.2 Å². The van der Waals surface area contributed by atoms with Crippen molar-refractivity contribution in [1.29, 1.82) is 0 Å². The average molecular weight is 372 g/mol. The molecule has 0 amide bonds. The number of ether oxygens (including phenoxy) is 1. The first-order valence-electron chi connectivity index (χ1n) is 7.54. The molecule has 2 aromatic heterocycles. The highest BCUT2D eigenvalue weighted by Crippen LogP contribution is 2.20. The summed E-state index contributed by atoms with van der Waals surface area (Å²) in [6.45, 7) is 2.09. The van der Waals surface area contributed by atoms with E-state index < -0.39 is 10.0 Å². The Labute approximate surface area is 150 Å². The van der Waals surface area contributed by atoms with Crippen LogP contribution in [-0.4, -0.2) is 26.6 Å². The molecule has 0 radical (unpaired) electrons. The van der Waals surface area contributed by atoms with Gasteiger partial charge in [-0.05, 0) is 37.3 Å². The zero-order valence-corrected chi connectivity index (χ0v) is 15.2. The standard InChI is InChI=1S/C18H16N2O3S2/c1-14-6-9-18(24-14)25(21,22)20-11-2-3-12-23-16-8-7-15-5-4-10-19-17(15)13-16/h4-10,13,20H,11-12H2,1H3. The number of rotatable bonds is 5. The highest BCUT2D eigenvalue weighted by Gasteiger charge is 2.14. The van der Waals surface area contributed by atoms with Gasteiger partial charge in [0.25, 0.3) is 10.0 Å². The molecule has 7 heteroatoms. The van der Waals surface area contributed by atoms with Gasteiger partial charge < -0.3 is 4.74 Å². The molecule has 0 saturated heterocycles. The fraction of sp³-hybridized carbons (Fsp3) is 0.167. The highest BCUT2D eigenvalue weighted by atomic mass is 32.2. The van der Waals surface area contributed by atoms with Crippen LogP contribution in [0, 0.1) is 18.8 Å². The Hall–Kier alpha value is -2.40. The van der Waals surface area contributed by atoms with Gasteiger partial charge in [-0.25, -0.2) is 8.42 Å². The second kappa shape index (κ2) is 7.66. The van der Waals surface area contributed by atoms with Gasteiger partial charge in [0.15, 0.2) is 0 Å². The van der Waals surface area contributed by atoms with Gasteiger partial charge in [-0.1, -0.05) is 17.9 Å². The number of aromatic nitrogens is 1. The molecular weight excluding hydrogens is 356 g/mol. The summed E-state index contributed by atoms with van der Waals surface area (Å²) in [5.41, 5.74) is 0.854. The SMILES string of the molecule is Cc1ccc(S(=O)(=O)NCC#CCOc2ccc3cccnc3c2)s1. The number of aryl methyl sites for hydroxylation is 1. The monoisotopic (exact) mass is 372 g/mol. The lowest BCUT2D eigenvalue weighted by Gasteiger charge is -2.03. The van der Waals surface area contributed by atoms with Crippen molar-refractivity contribution < 1.29 is 13.2 Å². The van der Waals surface area contributed by atoms with E-state index in [2.05, 4.69) is 21.5 Å². The average Bonchev–Trinajstić information content (AvgIpc) is 3.05. The number of nitrogens with zero attached hydrogens (tertiary/aromatic N) is 1. The van der Waals surface area contributed by atoms with Gasteiger partial charge in [-0.3, -0.25) is 4.98 Å². The lowest BCUT2D eigenvalue weighted by atomic mass is 10.2. The van der Waals surface area contributed by atoms with Crippen LogP contribution in [0.3, 0.4) is 0 Å². The summed E-state index contributed by atoms with van der Waals surface area (Å²) < 4.78 is 32.3. The smallest absolute Gasteiger partial charge is 0.250 e. The quantitative estimate of drug-likeness (QED) is 0.699. The van der Waals surface area contributed by atoms with Gasteiger partial charge in [0, 0.05) is 22.5 Å². The third-order valence-corrected chi connectivity index (χ3v) is 6.24. The minimum absolute atomic E-state index is 0.0436. The van der Waals surface area contributed by atoms with E-state index in [0.29, 0.717) is 9.96 Å². The minimum atomic E-state index is -3.49. The molecule has 3 rings (SSSR count). The first kappa shape index (κ1) is 17.4. The zero-order valence-electron chi connectivity index (χ0n) is 13.5. The maximum Gasteiger partial charge on any atom is 0.250 e. The Morgan fingerprint density at radius 1 is 1.20 bits per heavy atom. The summed E-state index contributed by atoms with van der Waals surface area (Å²) in [7, 11) is -3.49. The van der Waals surface area contributed by atoms with E-state index in [1.807, 2.05) is 37.3 Å². The third kappa shape index (κ3) is 4.57. The Morgan fingerprint density at radius 3 is 2.88 bits per heavy atom. The molecule has 128 valence electrons. The molecule has 0 aliphatic carbocycles. The van der Waals surface area contributed by atoms with Crippen LogP contribution in [0.5, 0.6) is 5.75 Å². The first-order chi connectivity index (χ1) is 12.0. The second-order valence-electron chi connectivity index (χ2n) is 5.19. The molecule has 25 heavy (non-hydrogen) atoms. The van der Waals surface area contributed by atoms with E-state index in [1.54, 1.807) is 18.3 Å². The number of pyridine rings is 1. The third-order valence-electron chi connectivity index (χ3n) is 3.34. The first-order valence-corrected chi connectivity index (χ1v) is 9.84. The molecular formula is C18H16N2O3S2. The highest BCUT2D eigenvalue weighted by molar-refractivity contribution is 7.91. The number of sulfonamides is 1. The van der Waals surface area contributed by atoms with Gasteiger partial charge in [-0.2, -0.15) is 4.72 Å². The lowest BCUT2D eigenvalue weighted by Crippen LogP contribution is -2.23. The Kier molecular flexibility index (Phi) is 5.34. The van der Waals surface area contributed by atoms with Crippen LogP contribution in [-0.2, 0) is 10.0 Å². The Balaban J connectivity index is 1.51. The van der Waals surface area contributed by atoms with Gasteiger partial charge in [0.2, 0.25) is 0 Å². The maximum absolute atomic E-state index is 12.0. The second-order valence-corrected chi connectivity index (χ2v) is 8.47. The van der Waals surface area contributed by atoms with Crippen molar-refractivity contribution in [3.8, 4) is 17.6 Å². The molecule has 3 aromatic rings. The molecule has 2 heterocycles. The van der Waals surface area contributed by atoms with Crippen molar-refractivity contribution in [2.75, 3.05) is 13.2 Å². The summed E-state index contributed by atoms with van der Waals surface area (Å²) in [6.07, 6.45) is 1.73. The van der Waals surface area contributed by atoms with Gasteiger partial charge in [-0.15, -0.1) is 11.3 Å². The summed E-state index contributed by atoms with van der Waals surface area (Å²) in [5.74, 6) is 6.22. The van der Waals surface area contributed by atoms with E-state index in [4.69, 9.17) is 4.74 Å². The molecule has 1 N–H and O–H groups in total. The van der Waals surface area contributed by atoms with E-state index >= 15 is 0 Å². The summed E-state index contributed by atoms with van der Waals surface area (Å²) in [4.78, 5) is 5.21. The minimum Gasteiger partial charge on any atom is -0.481 e. The van der Waals surface area contributed by atoms with E-state index in [1.165, 1.54) is 11.3 Å². The normalized spacial score (nSPS) is 11.1. The lowest BCUT2D eigenvalue weighted by molar-refractivity contribution is 0.370. The predicted octanol–water partition coefficient (Wildman–Crippen LogP) is 2.97. The molecule has 5 nitrogen and oxygen atoms in total. The number of fused-ring (bicyclic) bond motifs is 1. The summed E-state index contributed by atoms with van der Waals surface area (Å²) in [6, 6.07) is 12.9. The van der Waals surface area contributed by atoms with Crippen LogP contribution in [0.25, 0.3) is 10.9 Å². The molecule has 0 saturated carbocycles. The Morgan fingerprint density at radius 2 is 2.08 bits per heavy atom. The molecule has 0 spiro atoms. The van der Waals surface area contributed by atoms with Crippen LogP contribution in [0.4, 0.5) is 0 Å². The number of nitrogens with one attached hydrogen (secondary N) is 1. The predicted molar refractivity (Wildman–Crippen MR) is 99.3 cm³/mol. The molecule has 1 aromatic carbocycles. The number of benzene rings is 1. The van der Waals surface area contributed by atoms with Gasteiger partial charge in [0.05, 0.1) is 12.1 Å². The van der Waals surface area contributed by atoms with E-state index in [0.717, 1.165) is 15.8 Å². The zero-order chi connectivity index (χ0) is 17.7. The molecule has 0 atom stereocenters. The number of hydrogen-bond acceptors (Lipinski definition) is 5. The van der Waals surface area contributed by atoms with Crippen molar-refractivity contribution in [2.24, 2.45) is 0 Å². The molecule has 0 fully saturated rings. The molecule has 0 aliphatic rings. The number of hydrogen-bond donors (Lipinski definition) is 1. The Bertz CT molecular complexity index is 1050. The summed E-state index contributed by atoms with van der Waals surface area (Å²) in [5, 5.41) is 1.04. The topological polar surface area (TPSA) is 68.3 Å². The fourth-order valence-electron chi connectivity index (χ4n) is 2.13. The van der Waals surface area contributed by atoms with Crippen molar-refractivity contribution in [3.05, 3.63) is 53.5 Å². The van der Waals surface area contributed by atoms with Crippen molar-refractivity contribution in [1.82, 2.24) is 9.71 Å². The van der Waals surface area contributed by atoms with Crippen LogP contribution in [0.1, 0.15) is 4.88 Å². The fourth-order valence-corrected chi connectivity index (χ4v) is 4.38. The van der Waals surface area contributed by atoms with Crippen LogP contribution in [0.15, 0.2) is 52.9 Å². The van der Waals surface area contributed by atoms with Crippen molar-refractivity contribution in [3.63, 3.8) is 0 Å². The van der Waals surface area contributed by atoms with E-state index in [9.17, 15) is 8.42 Å².